The van der Waals surface area contributed by atoms with Gasteiger partial charge in [0.05, 0.1) is 0 Å². The first-order valence-corrected chi connectivity index (χ1v) is 10.0. The van der Waals surface area contributed by atoms with Crippen LogP contribution in [0.2, 0.25) is 0 Å². The molecule has 1 N–H and O–H groups in total. The monoisotopic (exact) mass is 378 g/mol. The summed E-state index contributed by atoms with van der Waals surface area (Å²) in [6.45, 7) is 8.78. The van der Waals surface area contributed by atoms with Gasteiger partial charge >= 0.3 is 0 Å². The highest BCUT2D eigenvalue weighted by molar-refractivity contribution is 5.97. The fourth-order valence-electron chi connectivity index (χ4n) is 3.27. The summed E-state index contributed by atoms with van der Waals surface area (Å²) in [7, 11) is 0. The zero-order valence-electron chi connectivity index (χ0n) is 17.2. The second kappa shape index (κ2) is 8.17. The molecule has 2 aromatic carbocycles. The van der Waals surface area contributed by atoms with Crippen molar-refractivity contribution in [1.29, 1.82) is 0 Å². The molecule has 2 amide bonds. The van der Waals surface area contributed by atoms with Crippen molar-refractivity contribution in [2.24, 2.45) is 0 Å². The molecule has 0 aliphatic heterocycles. The zero-order valence-corrected chi connectivity index (χ0v) is 17.2. The van der Waals surface area contributed by atoms with Crippen LogP contribution in [0, 0.1) is 0 Å². The molecule has 0 bridgehead atoms. The van der Waals surface area contributed by atoms with Gasteiger partial charge in [-0.05, 0) is 48.4 Å². The first-order chi connectivity index (χ1) is 13.3. The third-order valence-corrected chi connectivity index (χ3v) is 5.20. The number of amides is 2. The first-order valence-electron chi connectivity index (χ1n) is 10.0. The average molecular weight is 379 g/mol. The van der Waals surface area contributed by atoms with Crippen LogP contribution in [0.15, 0.2) is 54.6 Å². The molecule has 0 heterocycles. The van der Waals surface area contributed by atoms with Gasteiger partial charge in [0.15, 0.2) is 0 Å². The third-order valence-electron chi connectivity index (χ3n) is 5.20. The summed E-state index contributed by atoms with van der Waals surface area (Å²) in [6, 6.07) is 17.4. The van der Waals surface area contributed by atoms with Gasteiger partial charge in [-0.2, -0.15) is 0 Å². The molecule has 148 valence electrons. The van der Waals surface area contributed by atoms with E-state index in [1.807, 2.05) is 59.5 Å². The van der Waals surface area contributed by atoms with E-state index in [1.165, 1.54) is 5.56 Å². The van der Waals surface area contributed by atoms with Crippen molar-refractivity contribution >= 4 is 11.8 Å². The fraction of sp³-hybridized carbons (Fsp3) is 0.417. The Balaban J connectivity index is 1.64. The van der Waals surface area contributed by atoms with E-state index in [0.717, 1.165) is 18.4 Å². The van der Waals surface area contributed by atoms with Crippen LogP contribution in [-0.2, 0) is 16.8 Å². The highest BCUT2D eigenvalue weighted by Gasteiger charge is 2.35. The van der Waals surface area contributed by atoms with E-state index in [2.05, 4.69) is 26.1 Å². The summed E-state index contributed by atoms with van der Waals surface area (Å²) < 4.78 is 0. The van der Waals surface area contributed by atoms with Crippen LogP contribution in [0.3, 0.4) is 0 Å². The van der Waals surface area contributed by atoms with Crippen molar-refractivity contribution in [2.75, 3.05) is 0 Å². The van der Waals surface area contributed by atoms with E-state index in [-0.39, 0.29) is 23.3 Å². The Bertz CT molecular complexity index is 818. The number of hydrogen-bond acceptors (Lipinski definition) is 2. The van der Waals surface area contributed by atoms with Gasteiger partial charge in [0.1, 0.15) is 6.04 Å². The largest absolute Gasteiger partial charge is 0.341 e. The van der Waals surface area contributed by atoms with E-state index in [9.17, 15) is 9.59 Å². The molecule has 1 fully saturated rings. The maximum absolute atomic E-state index is 13.0. The lowest BCUT2D eigenvalue weighted by Crippen LogP contribution is -2.47. The third kappa shape index (κ3) is 5.00. The van der Waals surface area contributed by atoms with Crippen molar-refractivity contribution < 1.29 is 9.59 Å². The maximum Gasteiger partial charge on any atom is 0.251 e. The summed E-state index contributed by atoms with van der Waals surface area (Å²) in [5.41, 5.74) is 2.91. The minimum atomic E-state index is -0.556. The number of carbonyl (C=O) groups excluding carboxylic acids is 2. The lowest BCUT2D eigenvalue weighted by molar-refractivity contribution is -0.134. The number of nitrogens with one attached hydrogen (secondary N) is 1. The first kappa shape index (κ1) is 20.1. The molecular weight excluding hydrogens is 348 g/mol. The summed E-state index contributed by atoms with van der Waals surface area (Å²) in [6.07, 6.45) is 2.07. The molecule has 1 atom stereocenters. The van der Waals surface area contributed by atoms with Gasteiger partial charge in [0, 0.05) is 18.2 Å². The predicted molar refractivity (Wildman–Crippen MR) is 112 cm³/mol. The molecule has 1 aliphatic rings. The van der Waals surface area contributed by atoms with E-state index >= 15 is 0 Å². The maximum atomic E-state index is 13.0. The van der Waals surface area contributed by atoms with Gasteiger partial charge in [0.25, 0.3) is 5.91 Å². The predicted octanol–water partition coefficient (Wildman–Crippen LogP) is 4.29. The van der Waals surface area contributed by atoms with Gasteiger partial charge in [-0.15, -0.1) is 0 Å². The molecular formula is C24H30N2O2. The zero-order chi connectivity index (χ0) is 20.3. The van der Waals surface area contributed by atoms with E-state index in [0.29, 0.717) is 12.1 Å². The minimum Gasteiger partial charge on any atom is -0.341 e. The minimum absolute atomic E-state index is 0.0222. The van der Waals surface area contributed by atoms with Gasteiger partial charge in [-0.25, -0.2) is 0 Å². The Morgan fingerprint density at radius 3 is 2.18 bits per heavy atom. The number of benzene rings is 2. The van der Waals surface area contributed by atoms with Crippen molar-refractivity contribution in [3.63, 3.8) is 0 Å². The van der Waals surface area contributed by atoms with Crippen molar-refractivity contribution in [1.82, 2.24) is 10.2 Å². The second-order valence-electron chi connectivity index (χ2n) is 8.71. The van der Waals surface area contributed by atoms with Crippen LogP contribution in [0.25, 0.3) is 0 Å². The van der Waals surface area contributed by atoms with Gasteiger partial charge < -0.3 is 10.2 Å². The number of carbonyl (C=O) groups is 2. The molecule has 1 unspecified atom stereocenters. The molecule has 1 saturated carbocycles. The Morgan fingerprint density at radius 1 is 1.04 bits per heavy atom. The Kier molecular flexibility index (Phi) is 5.87. The van der Waals surface area contributed by atoms with Gasteiger partial charge in [0.2, 0.25) is 5.91 Å². The van der Waals surface area contributed by atoms with Gasteiger partial charge in [-0.1, -0.05) is 63.2 Å². The van der Waals surface area contributed by atoms with Crippen LogP contribution in [0.1, 0.15) is 62.0 Å². The average Bonchev–Trinajstić information content (AvgIpc) is 3.51. The Labute approximate surface area is 167 Å². The number of hydrogen-bond donors (Lipinski definition) is 1. The van der Waals surface area contributed by atoms with E-state index in [1.54, 1.807) is 6.92 Å². The molecule has 0 aromatic heterocycles. The van der Waals surface area contributed by atoms with E-state index < -0.39 is 6.04 Å². The molecule has 3 rings (SSSR count). The molecule has 0 saturated heterocycles. The number of rotatable bonds is 6. The topological polar surface area (TPSA) is 49.4 Å². The quantitative estimate of drug-likeness (QED) is 0.815. The van der Waals surface area contributed by atoms with Crippen LogP contribution >= 0.6 is 0 Å². The number of nitrogens with zero attached hydrogens (tertiary/aromatic N) is 1. The van der Waals surface area contributed by atoms with Crippen molar-refractivity contribution in [3.05, 3.63) is 71.3 Å². The molecule has 28 heavy (non-hydrogen) atoms. The molecule has 1 aliphatic carbocycles. The van der Waals surface area contributed by atoms with Crippen molar-refractivity contribution in [3.8, 4) is 0 Å². The summed E-state index contributed by atoms with van der Waals surface area (Å²) in [4.78, 5) is 27.5. The fourth-order valence-corrected chi connectivity index (χ4v) is 3.27. The van der Waals surface area contributed by atoms with Crippen LogP contribution in [0.5, 0.6) is 0 Å². The normalized spacial score (nSPS) is 15.0. The summed E-state index contributed by atoms with van der Waals surface area (Å²) in [5.74, 6) is -0.234. The SMILES string of the molecule is CC(NC(=O)c1ccc(C(C)(C)C)cc1)C(=O)N(Cc1ccccc1)C1CC1. The highest BCUT2D eigenvalue weighted by atomic mass is 16.2. The Hall–Kier alpha value is -2.62. The summed E-state index contributed by atoms with van der Waals surface area (Å²) >= 11 is 0. The van der Waals surface area contributed by atoms with Crippen LogP contribution in [-0.4, -0.2) is 28.8 Å². The molecule has 2 aromatic rings. The Morgan fingerprint density at radius 2 is 1.64 bits per heavy atom. The van der Waals surface area contributed by atoms with Gasteiger partial charge in [-0.3, -0.25) is 9.59 Å². The lowest BCUT2D eigenvalue weighted by Gasteiger charge is -2.26. The molecule has 4 heteroatoms. The van der Waals surface area contributed by atoms with Crippen LogP contribution in [0.4, 0.5) is 0 Å². The molecule has 4 nitrogen and oxygen atoms in total. The van der Waals surface area contributed by atoms with Crippen LogP contribution < -0.4 is 5.32 Å². The van der Waals surface area contributed by atoms with Crippen molar-refractivity contribution in [2.45, 2.75) is 64.6 Å². The standard InChI is InChI=1S/C24H30N2O2/c1-17(25-22(27)19-10-12-20(13-11-19)24(2,3)4)23(28)26(21-14-15-21)16-18-8-6-5-7-9-18/h5-13,17,21H,14-16H2,1-4H3,(H,25,27). The molecule has 0 spiro atoms. The lowest BCUT2D eigenvalue weighted by atomic mass is 9.86. The highest BCUT2D eigenvalue weighted by Crippen LogP contribution is 2.29. The van der Waals surface area contributed by atoms with E-state index in [4.69, 9.17) is 0 Å². The smallest absolute Gasteiger partial charge is 0.251 e. The molecule has 0 radical (unpaired) electrons. The summed E-state index contributed by atoms with van der Waals surface area (Å²) in [5, 5.41) is 2.87. The second-order valence-corrected chi connectivity index (χ2v) is 8.71.